The highest BCUT2D eigenvalue weighted by atomic mass is 127. The van der Waals surface area contributed by atoms with Gasteiger partial charge in [-0.1, -0.05) is 0 Å². The van der Waals surface area contributed by atoms with Gasteiger partial charge in [0.25, 0.3) is 5.91 Å². The second-order valence-corrected chi connectivity index (χ2v) is 7.41. The molecule has 0 aromatic carbocycles. The standard InChI is InChI=1S/C11H9IN2O3S2/c1-5(10-14-7(4-19-10)11(16)17)13-9(15)6-2-8(12)18-3-6/h2-5H,1H3,(H,13,15)(H,16,17). The van der Waals surface area contributed by atoms with Gasteiger partial charge >= 0.3 is 5.97 Å². The molecular weight excluding hydrogens is 399 g/mol. The van der Waals surface area contributed by atoms with Crippen molar-refractivity contribution in [2.75, 3.05) is 0 Å². The molecule has 2 N–H and O–H groups in total. The van der Waals surface area contributed by atoms with Crippen molar-refractivity contribution in [3.63, 3.8) is 0 Å². The van der Waals surface area contributed by atoms with Crippen LogP contribution in [0.1, 0.15) is 38.8 Å². The number of carboxylic acids is 1. The van der Waals surface area contributed by atoms with Crippen molar-refractivity contribution in [2.45, 2.75) is 13.0 Å². The molecule has 0 saturated carbocycles. The number of thiazole rings is 1. The van der Waals surface area contributed by atoms with Crippen LogP contribution in [0.3, 0.4) is 0 Å². The van der Waals surface area contributed by atoms with Gasteiger partial charge in [0.1, 0.15) is 5.01 Å². The molecule has 100 valence electrons. The maximum Gasteiger partial charge on any atom is 0.355 e. The van der Waals surface area contributed by atoms with Crippen molar-refractivity contribution in [1.82, 2.24) is 10.3 Å². The Hall–Kier alpha value is -1.00. The van der Waals surface area contributed by atoms with Gasteiger partial charge < -0.3 is 10.4 Å². The van der Waals surface area contributed by atoms with Crippen molar-refractivity contribution < 1.29 is 14.7 Å². The van der Waals surface area contributed by atoms with Crippen molar-refractivity contribution in [1.29, 1.82) is 0 Å². The molecule has 2 heterocycles. The van der Waals surface area contributed by atoms with E-state index in [-0.39, 0.29) is 17.6 Å². The van der Waals surface area contributed by atoms with E-state index in [4.69, 9.17) is 5.11 Å². The monoisotopic (exact) mass is 408 g/mol. The molecule has 0 spiro atoms. The van der Waals surface area contributed by atoms with Crippen LogP contribution in [-0.2, 0) is 0 Å². The number of rotatable bonds is 4. The third-order valence-corrected chi connectivity index (χ3v) is 5.11. The third-order valence-electron chi connectivity index (χ3n) is 2.29. The lowest BCUT2D eigenvalue weighted by atomic mass is 10.3. The molecule has 0 fully saturated rings. The van der Waals surface area contributed by atoms with Crippen molar-refractivity contribution in [3.8, 4) is 0 Å². The molecule has 1 unspecified atom stereocenters. The van der Waals surface area contributed by atoms with Crippen LogP contribution >= 0.6 is 45.3 Å². The van der Waals surface area contributed by atoms with Crippen LogP contribution in [0.25, 0.3) is 0 Å². The zero-order valence-electron chi connectivity index (χ0n) is 9.71. The first-order chi connectivity index (χ1) is 8.97. The number of amides is 1. The number of aromatic nitrogens is 1. The van der Waals surface area contributed by atoms with Gasteiger partial charge in [-0.2, -0.15) is 0 Å². The molecule has 2 rings (SSSR count). The summed E-state index contributed by atoms with van der Waals surface area (Å²) in [6.07, 6.45) is 0. The Kier molecular flexibility index (Phi) is 4.53. The molecule has 2 aromatic heterocycles. The van der Waals surface area contributed by atoms with Gasteiger partial charge in [0.15, 0.2) is 5.69 Å². The molecule has 1 atom stereocenters. The van der Waals surface area contributed by atoms with E-state index in [1.807, 2.05) is 0 Å². The zero-order chi connectivity index (χ0) is 14.0. The second kappa shape index (κ2) is 5.97. The summed E-state index contributed by atoms with van der Waals surface area (Å²) in [5.74, 6) is -1.24. The number of carbonyl (C=O) groups is 2. The Bertz CT molecular complexity index is 623. The Morgan fingerprint density at radius 3 is 2.68 bits per heavy atom. The van der Waals surface area contributed by atoms with Gasteiger partial charge in [-0.05, 0) is 35.6 Å². The quantitative estimate of drug-likeness (QED) is 0.763. The number of aromatic carboxylic acids is 1. The van der Waals surface area contributed by atoms with Crippen LogP contribution in [0.4, 0.5) is 0 Å². The predicted octanol–water partition coefficient (Wildman–Crippen LogP) is 3.00. The second-order valence-electron chi connectivity index (χ2n) is 3.71. The average molecular weight is 408 g/mol. The summed E-state index contributed by atoms with van der Waals surface area (Å²) in [4.78, 5) is 26.6. The Balaban J connectivity index is 2.05. The summed E-state index contributed by atoms with van der Waals surface area (Å²) in [7, 11) is 0. The van der Waals surface area contributed by atoms with E-state index in [9.17, 15) is 9.59 Å². The predicted molar refractivity (Wildman–Crippen MR) is 82.0 cm³/mol. The normalized spacial score (nSPS) is 12.1. The minimum atomic E-state index is -1.06. The third kappa shape index (κ3) is 3.51. The highest BCUT2D eigenvalue weighted by molar-refractivity contribution is 14.1. The van der Waals surface area contributed by atoms with Gasteiger partial charge in [-0.25, -0.2) is 9.78 Å². The minimum absolute atomic E-state index is 0.00572. The average Bonchev–Trinajstić information content (AvgIpc) is 2.96. The van der Waals surface area contributed by atoms with Gasteiger partial charge in [-0.3, -0.25) is 4.79 Å². The zero-order valence-corrected chi connectivity index (χ0v) is 13.5. The lowest BCUT2D eigenvalue weighted by Crippen LogP contribution is -2.26. The van der Waals surface area contributed by atoms with Gasteiger partial charge in [0, 0.05) is 10.8 Å². The Labute approximate surface area is 130 Å². The molecule has 0 bridgehead atoms. The molecule has 1 amide bonds. The number of carbonyl (C=O) groups excluding carboxylic acids is 1. The van der Waals surface area contributed by atoms with Crippen LogP contribution in [0, 0.1) is 2.88 Å². The number of carboxylic acid groups (broad SMARTS) is 1. The summed E-state index contributed by atoms with van der Waals surface area (Å²) in [5.41, 5.74) is 0.613. The lowest BCUT2D eigenvalue weighted by molar-refractivity contribution is 0.0691. The maximum atomic E-state index is 11.9. The number of hydrogen-bond acceptors (Lipinski definition) is 5. The van der Waals surface area contributed by atoms with Crippen molar-refractivity contribution in [3.05, 3.63) is 36.0 Å². The van der Waals surface area contributed by atoms with Gasteiger partial charge in [0.05, 0.1) is 14.5 Å². The fourth-order valence-electron chi connectivity index (χ4n) is 1.36. The summed E-state index contributed by atoms with van der Waals surface area (Å²) >= 11 is 4.87. The molecule has 0 aliphatic heterocycles. The first-order valence-electron chi connectivity index (χ1n) is 5.21. The SMILES string of the molecule is CC(NC(=O)c1csc(I)c1)c1nc(C(=O)O)cs1. The first kappa shape index (κ1) is 14.4. The topological polar surface area (TPSA) is 79.3 Å². The van der Waals surface area contributed by atoms with E-state index in [1.54, 1.807) is 18.4 Å². The Morgan fingerprint density at radius 1 is 1.42 bits per heavy atom. The van der Waals surface area contributed by atoms with E-state index in [0.29, 0.717) is 10.6 Å². The molecule has 8 heteroatoms. The van der Waals surface area contributed by atoms with E-state index in [0.717, 1.165) is 2.88 Å². The number of hydrogen-bond donors (Lipinski definition) is 2. The largest absolute Gasteiger partial charge is 0.476 e. The fourth-order valence-corrected chi connectivity index (χ4v) is 3.48. The van der Waals surface area contributed by atoms with E-state index >= 15 is 0 Å². The van der Waals surface area contributed by atoms with Crippen molar-refractivity contribution >= 4 is 57.1 Å². The van der Waals surface area contributed by atoms with E-state index in [1.165, 1.54) is 28.1 Å². The molecule has 5 nitrogen and oxygen atoms in total. The minimum Gasteiger partial charge on any atom is -0.476 e. The summed E-state index contributed by atoms with van der Waals surface area (Å²) in [6, 6.07) is 1.49. The smallest absolute Gasteiger partial charge is 0.355 e. The molecule has 0 aliphatic rings. The fraction of sp³-hybridized carbons (Fsp3) is 0.182. The number of nitrogens with one attached hydrogen (secondary N) is 1. The van der Waals surface area contributed by atoms with Gasteiger partial charge in [0.2, 0.25) is 0 Å². The molecule has 0 aliphatic carbocycles. The number of nitrogens with zero attached hydrogens (tertiary/aromatic N) is 1. The highest BCUT2D eigenvalue weighted by Crippen LogP contribution is 2.20. The Morgan fingerprint density at radius 2 is 2.16 bits per heavy atom. The van der Waals surface area contributed by atoms with Crippen LogP contribution in [0.15, 0.2) is 16.8 Å². The molecule has 0 saturated heterocycles. The summed E-state index contributed by atoms with van der Waals surface area (Å²) in [6.45, 7) is 1.78. The van der Waals surface area contributed by atoms with Crippen LogP contribution in [-0.4, -0.2) is 22.0 Å². The molecule has 0 radical (unpaired) electrons. The molecule has 2 aromatic rings. The van der Waals surface area contributed by atoms with E-state index in [2.05, 4.69) is 32.9 Å². The summed E-state index contributed by atoms with van der Waals surface area (Å²) < 4.78 is 1.04. The molecular formula is C11H9IN2O3S2. The summed E-state index contributed by atoms with van der Waals surface area (Å²) in [5, 5.41) is 15.4. The van der Waals surface area contributed by atoms with Crippen molar-refractivity contribution in [2.24, 2.45) is 0 Å². The first-order valence-corrected chi connectivity index (χ1v) is 8.05. The van der Waals surface area contributed by atoms with Crippen LogP contribution < -0.4 is 5.32 Å². The lowest BCUT2D eigenvalue weighted by Gasteiger charge is -2.10. The number of thiophene rings is 1. The van der Waals surface area contributed by atoms with E-state index < -0.39 is 5.97 Å². The highest BCUT2D eigenvalue weighted by Gasteiger charge is 2.17. The van der Waals surface area contributed by atoms with Gasteiger partial charge in [-0.15, -0.1) is 22.7 Å². The molecule has 19 heavy (non-hydrogen) atoms. The van der Waals surface area contributed by atoms with Crippen LogP contribution in [0.5, 0.6) is 0 Å². The van der Waals surface area contributed by atoms with Crippen LogP contribution in [0.2, 0.25) is 0 Å². The maximum absolute atomic E-state index is 11.9. The number of halogens is 1.